The van der Waals surface area contributed by atoms with Crippen LogP contribution in [0.5, 0.6) is 0 Å². The summed E-state index contributed by atoms with van der Waals surface area (Å²) >= 11 is 1.90. The monoisotopic (exact) mass is 629 g/mol. The maximum atomic E-state index is 5.05. The first-order valence-electron chi connectivity index (χ1n) is 16.2. The summed E-state index contributed by atoms with van der Waals surface area (Å²) in [5, 5.41) is 7.86. The molecule has 10 rings (SSSR count). The van der Waals surface area contributed by atoms with Gasteiger partial charge in [-0.1, -0.05) is 127 Å². The third-order valence-electron chi connectivity index (χ3n) is 9.41. The molecule has 3 heterocycles. The highest BCUT2D eigenvalue weighted by molar-refractivity contribution is 7.27. The molecule has 0 saturated carbocycles. The largest absolute Gasteiger partial charge is 0.309 e. The van der Waals surface area contributed by atoms with Crippen LogP contribution in [0.4, 0.5) is 0 Å². The molecule has 0 amide bonds. The van der Waals surface area contributed by atoms with Crippen LogP contribution in [0.2, 0.25) is 0 Å². The van der Waals surface area contributed by atoms with E-state index in [-0.39, 0.29) is 0 Å². The molecule has 0 unspecified atom stereocenters. The minimum absolute atomic E-state index is 0.721. The van der Waals surface area contributed by atoms with E-state index in [1.807, 2.05) is 35.6 Å². The van der Waals surface area contributed by atoms with Crippen molar-refractivity contribution in [2.75, 3.05) is 0 Å². The van der Waals surface area contributed by atoms with Gasteiger partial charge in [-0.15, -0.1) is 11.3 Å². The highest BCUT2D eigenvalue weighted by Gasteiger charge is 2.19. The second-order valence-corrected chi connectivity index (χ2v) is 13.2. The highest BCUT2D eigenvalue weighted by Crippen LogP contribution is 2.45. The molecule has 7 aromatic carbocycles. The van der Waals surface area contributed by atoms with Crippen LogP contribution in [0.1, 0.15) is 0 Å². The van der Waals surface area contributed by atoms with Crippen LogP contribution in [0, 0.1) is 0 Å². The van der Waals surface area contributed by atoms with Crippen molar-refractivity contribution in [3.63, 3.8) is 0 Å². The van der Waals surface area contributed by atoms with Gasteiger partial charge < -0.3 is 4.57 Å². The number of aromatic nitrogens is 3. The van der Waals surface area contributed by atoms with Crippen molar-refractivity contribution in [3.8, 4) is 39.6 Å². The smallest absolute Gasteiger partial charge is 0.160 e. The second kappa shape index (κ2) is 10.7. The Bertz CT molecular complexity index is 2760. The molecule has 0 bridgehead atoms. The Morgan fingerprint density at radius 2 is 1.08 bits per heavy atom. The predicted octanol–water partition coefficient (Wildman–Crippen LogP) is 12.1. The Morgan fingerprint density at radius 3 is 1.85 bits per heavy atom. The lowest BCUT2D eigenvalue weighted by Gasteiger charge is -2.11. The fourth-order valence-corrected chi connectivity index (χ4v) is 8.46. The van der Waals surface area contributed by atoms with Crippen LogP contribution in [0.15, 0.2) is 164 Å². The highest BCUT2D eigenvalue weighted by atomic mass is 32.1. The Morgan fingerprint density at radius 1 is 0.438 bits per heavy atom. The Labute approximate surface area is 281 Å². The van der Waals surface area contributed by atoms with Crippen LogP contribution < -0.4 is 0 Å². The predicted molar refractivity (Wildman–Crippen MR) is 203 cm³/mol. The van der Waals surface area contributed by atoms with Gasteiger partial charge >= 0.3 is 0 Å². The normalized spacial score (nSPS) is 11.8. The molecular formula is C44H27N3S. The maximum absolute atomic E-state index is 5.05. The van der Waals surface area contributed by atoms with Gasteiger partial charge in [-0.25, -0.2) is 9.97 Å². The molecule has 3 nitrogen and oxygen atoms in total. The molecule has 0 radical (unpaired) electrons. The van der Waals surface area contributed by atoms with Gasteiger partial charge in [0.2, 0.25) is 0 Å². The zero-order chi connectivity index (χ0) is 31.6. The number of hydrogen-bond donors (Lipinski definition) is 0. The topological polar surface area (TPSA) is 30.7 Å². The van der Waals surface area contributed by atoms with Crippen LogP contribution in [0.3, 0.4) is 0 Å². The maximum Gasteiger partial charge on any atom is 0.160 e. The van der Waals surface area contributed by atoms with Gasteiger partial charge in [0.1, 0.15) is 0 Å². The number of thiophene rings is 1. The molecule has 4 heteroatoms. The first-order chi connectivity index (χ1) is 23.8. The van der Waals surface area contributed by atoms with E-state index in [0.717, 1.165) is 39.6 Å². The van der Waals surface area contributed by atoms with Crippen molar-refractivity contribution in [1.29, 1.82) is 0 Å². The number of benzene rings is 7. The summed E-state index contributed by atoms with van der Waals surface area (Å²) in [6, 6.07) is 58.1. The number of nitrogens with zero attached hydrogens (tertiary/aromatic N) is 3. The number of fused-ring (bicyclic) bond motifs is 9. The standard InChI is InChI=1S/C44H27N3S/c1-3-12-29(13-4-1)36-27-37(46-44(45-36)31-14-5-2-6-15-31)30-19-22-32(23-20-30)47-38-18-10-9-17-34(38)42-39(47)25-24-35-41-33-16-8-7-11-28(33)21-26-40(41)48-43(35)42/h1-27H. The average Bonchev–Trinajstić information content (AvgIpc) is 3.72. The van der Waals surface area contributed by atoms with Gasteiger partial charge in [0.15, 0.2) is 5.82 Å². The fourth-order valence-electron chi connectivity index (χ4n) is 7.18. The minimum atomic E-state index is 0.721. The fraction of sp³-hybridized carbons (Fsp3) is 0. The molecule has 0 aliphatic carbocycles. The van der Waals surface area contributed by atoms with Gasteiger partial charge in [0, 0.05) is 53.3 Å². The van der Waals surface area contributed by atoms with E-state index in [1.165, 1.54) is 52.8 Å². The van der Waals surface area contributed by atoms with E-state index >= 15 is 0 Å². The third-order valence-corrected chi connectivity index (χ3v) is 10.6. The molecule has 0 saturated heterocycles. The molecule has 0 fully saturated rings. The van der Waals surface area contributed by atoms with E-state index in [0.29, 0.717) is 0 Å². The van der Waals surface area contributed by atoms with Gasteiger partial charge in [0.25, 0.3) is 0 Å². The molecule has 10 aromatic rings. The van der Waals surface area contributed by atoms with E-state index in [2.05, 4.69) is 144 Å². The zero-order valence-electron chi connectivity index (χ0n) is 25.8. The van der Waals surface area contributed by atoms with Crippen LogP contribution in [0.25, 0.3) is 92.3 Å². The van der Waals surface area contributed by atoms with Gasteiger partial charge in [-0.2, -0.15) is 0 Å². The molecule has 0 aliphatic rings. The molecule has 3 aromatic heterocycles. The van der Waals surface area contributed by atoms with E-state index in [1.54, 1.807) is 0 Å². The van der Waals surface area contributed by atoms with E-state index in [9.17, 15) is 0 Å². The van der Waals surface area contributed by atoms with Crippen molar-refractivity contribution in [2.45, 2.75) is 0 Å². The second-order valence-electron chi connectivity index (χ2n) is 12.2. The van der Waals surface area contributed by atoms with Crippen molar-refractivity contribution >= 4 is 64.1 Å². The number of para-hydroxylation sites is 1. The van der Waals surface area contributed by atoms with Crippen molar-refractivity contribution in [2.24, 2.45) is 0 Å². The van der Waals surface area contributed by atoms with Crippen LogP contribution in [-0.2, 0) is 0 Å². The molecular weight excluding hydrogens is 603 g/mol. The summed E-state index contributed by atoms with van der Waals surface area (Å²) in [6.45, 7) is 0. The lowest BCUT2D eigenvalue weighted by atomic mass is 10.0. The van der Waals surface area contributed by atoms with Crippen molar-refractivity contribution in [1.82, 2.24) is 14.5 Å². The Balaban J connectivity index is 1.15. The third kappa shape index (κ3) is 4.20. The summed E-state index contributed by atoms with van der Waals surface area (Å²) in [7, 11) is 0. The van der Waals surface area contributed by atoms with E-state index < -0.39 is 0 Å². The van der Waals surface area contributed by atoms with Gasteiger partial charge in [-0.3, -0.25) is 0 Å². The Hall–Kier alpha value is -6.10. The number of rotatable bonds is 4. The quantitative estimate of drug-likeness (QED) is 0.194. The summed E-state index contributed by atoms with van der Waals surface area (Å²) in [5.74, 6) is 0.721. The number of hydrogen-bond acceptors (Lipinski definition) is 3. The average molecular weight is 630 g/mol. The molecule has 0 atom stereocenters. The lowest BCUT2D eigenvalue weighted by Crippen LogP contribution is -1.97. The SMILES string of the molecule is c1ccc(-c2cc(-c3ccc(-n4c5ccccc5c5c6sc7ccc8ccccc8c7c6ccc54)cc3)nc(-c3ccccc3)n2)cc1. The zero-order valence-corrected chi connectivity index (χ0v) is 26.7. The van der Waals surface area contributed by atoms with E-state index in [4.69, 9.17) is 9.97 Å². The summed E-state index contributed by atoms with van der Waals surface area (Å²) in [4.78, 5) is 10.0. The molecule has 224 valence electrons. The molecule has 0 spiro atoms. The minimum Gasteiger partial charge on any atom is -0.309 e. The summed E-state index contributed by atoms with van der Waals surface area (Å²) in [6.07, 6.45) is 0. The van der Waals surface area contributed by atoms with Crippen LogP contribution >= 0.6 is 11.3 Å². The van der Waals surface area contributed by atoms with Crippen molar-refractivity contribution in [3.05, 3.63) is 164 Å². The van der Waals surface area contributed by atoms with Gasteiger partial charge in [0.05, 0.1) is 22.4 Å². The van der Waals surface area contributed by atoms with Crippen molar-refractivity contribution < 1.29 is 0 Å². The molecule has 0 aliphatic heterocycles. The summed E-state index contributed by atoms with van der Waals surface area (Å²) < 4.78 is 5.07. The first-order valence-corrected chi connectivity index (χ1v) is 17.0. The summed E-state index contributed by atoms with van der Waals surface area (Å²) in [5.41, 5.74) is 8.47. The molecule has 0 N–H and O–H groups in total. The Kier molecular flexibility index (Phi) is 6.05. The lowest BCUT2D eigenvalue weighted by molar-refractivity contribution is 1.17. The van der Waals surface area contributed by atoms with Crippen LogP contribution in [-0.4, -0.2) is 14.5 Å². The first kappa shape index (κ1) is 27.1. The molecule has 48 heavy (non-hydrogen) atoms. The van der Waals surface area contributed by atoms with Gasteiger partial charge in [-0.05, 0) is 47.2 Å².